The summed E-state index contributed by atoms with van der Waals surface area (Å²) < 4.78 is 2.46. The second kappa shape index (κ2) is 6.17. The molecule has 106 valence electrons. The monoisotopic (exact) mass is 380 g/mol. The first-order chi connectivity index (χ1) is 10.1. The van der Waals surface area contributed by atoms with Crippen LogP contribution in [-0.4, -0.2) is 19.7 Å². The molecule has 0 spiro atoms. The lowest BCUT2D eigenvalue weighted by Gasteiger charge is -2.07. The van der Waals surface area contributed by atoms with Gasteiger partial charge in [0.15, 0.2) is 0 Å². The molecular weight excluding hydrogens is 372 g/mol. The number of halogens is 2. The predicted molar refractivity (Wildman–Crippen MR) is 87.5 cm³/mol. The molecule has 0 radical (unpaired) electrons. The number of benzene rings is 1. The van der Waals surface area contributed by atoms with E-state index < -0.39 is 0 Å². The van der Waals surface area contributed by atoms with Gasteiger partial charge in [-0.05, 0) is 28.1 Å². The summed E-state index contributed by atoms with van der Waals surface area (Å²) in [4.78, 5) is 9.39. The van der Waals surface area contributed by atoms with Crippen LogP contribution in [0.15, 0.2) is 57.4 Å². The van der Waals surface area contributed by atoms with Gasteiger partial charge < -0.3 is 0 Å². The van der Waals surface area contributed by atoms with Gasteiger partial charge in [0.05, 0.1) is 23.1 Å². The van der Waals surface area contributed by atoms with Crippen LogP contribution in [-0.2, 0) is 7.05 Å². The fourth-order valence-corrected chi connectivity index (χ4v) is 3.14. The molecule has 21 heavy (non-hydrogen) atoms. The Balaban J connectivity index is 1.95. The van der Waals surface area contributed by atoms with Crippen molar-refractivity contribution >= 4 is 39.3 Å². The van der Waals surface area contributed by atoms with Crippen LogP contribution in [0.5, 0.6) is 0 Å². The third-order valence-corrected chi connectivity index (χ3v) is 4.67. The Morgan fingerprint density at radius 1 is 1.19 bits per heavy atom. The second-order valence-electron chi connectivity index (χ2n) is 4.27. The first-order valence-corrected chi connectivity index (χ1v) is 8.06. The highest BCUT2D eigenvalue weighted by Crippen LogP contribution is 2.37. The van der Waals surface area contributed by atoms with Gasteiger partial charge in [0.2, 0.25) is 0 Å². The van der Waals surface area contributed by atoms with Crippen molar-refractivity contribution < 1.29 is 0 Å². The van der Waals surface area contributed by atoms with Crippen molar-refractivity contribution in [3.63, 3.8) is 0 Å². The molecule has 0 bridgehead atoms. The number of nitrogens with zero attached hydrogens (tertiary/aromatic N) is 4. The average Bonchev–Trinajstić information content (AvgIpc) is 2.90. The average molecular weight is 382 g/mol. The third kappa shape index (κ3) is 3.28. The normalized spacial score (nSPS) is 10.8. The Labute approximate surface area is 139 Å². The minimum atomic E-state index is 0.672. The molecule has 1 aromatic carbocycles. The van der Waals surface area contributed by atoms with Gasteiger partial charge in [-0.25, -0.2) is 9.97 Å². The van der Waals surface area contributed by atoms with Crippen molar-refractivity contribution in [2.45, 2.75) is 9.92 Å². The zero-order valence-corrected chi connectivity index (χ0v) is 14.2. The molecule has 7 heteroatoms. The maximum atomic E-state index is 6.51. The zero-order valence-electron chi connectivity index (χ0n) is 11.0. The Kier molecular flexibility index (Phi) is 4.28. The second-order valence-corrected chi connectivity index (χ2v) is 6.52. The standard InChI is InChI=1S/C14H10BrClN4S/c1-20-6-5-10(19-20)9-3-2-4-11(14(9)16)21-13-8-17-12(15)7-18-13/h2-8H,1H3. The molecule has 0 saturated carbocycles. The Hall–Kier alpha value is -1.37. The summed E-state index contributed by atoms with van der Waals surface area (Å²) in [5.74, 6) is 0. The maximum absolute atomic E-state index is 6.51. The summed E-state index contributed by atoms with van der Waals surface area (Å²) in [6.45, 7) is 0. The molecule has 2 aromatic heterocycles. The van der Waals surface area contributed by atoms with Gasteiger partial charge in [-0.2, -0.15) is 5.10 Å². The zero-order chi connectivity index (χ0) is 14.8. The predicted octanol–water partition coefficient (Wildman–Crippen LogP) is 4.44. The SMILES string of the molecule is Cn1ccc(-c2cccc(Sc3cnc(Br)cn3)c2Cl)n1. The number of hydrogen-bond donors (Lipinski definition) is 0. The molecule has 0 fully saturated rings. The van der Waals surface area contributed by atoms with Crippen molar-refractivity contribution in [2.75, 3.05) is 0 Å². The number of aromatic nitrogens is 4. The summed E-state index contributed by atoms with van der Waals surface area (Å²) in [7, 11) is 1.88. The Bertz CT molecular complexity index is 773. The largest absolute Gasteiger partial charge is 0.275 e. The van der Waals surface area contributed by atoms with Crippen LogP contribution in [0.3, 0.4) is 0 Å². The van der Waals surface area contributed by atoms with Crippen LogP contribution < -0.4 is 0 Å². The van der Waals surface area contributed by atoms with Gasteiger partial charge in [-0.1, -0.05) is 35.5 Å². The van der Waals surface area contributed by atoms with Crippen LogP contribution in [0, 0.1) is 0 Å². The molecule has 0 unspecified atom stereocenters. The smallest absolute Gasteiger partial charge is 0.124 e. The molecule has 0 saturated heterocycles. The first-order valence-electron chi connectivity index (χ1n) is 6.07. The summed E-state index contributed by atoms with van der Waals surface area (Å²) >= 11 is 11.3. The molecule has 3 aromatic rings. The fraction of sp³-hybridized carbons (Fsp3) is 0.0714. The highest BCUT2D eigenvalue weighted by atomic mass is 79.9. The highest BCUT2D eigenvalue weighted by molar-refractivity contribution is 9.10. The van der Waals surface area contributed by atoms with E-state index in [0.29, 0.717) is 9.63 Å². The van der Waals surface area contributed by atoms with Crippen molar-refractivity contribution in [3.05, 3.63) is 52.5 Å². The van der Waals surface area contributed by atoms with Crippen LogP contribution in [0.1, 0.15) is 0 Å². The molecule has 2 heterocycles. The van der Waals surface area contributed by atoms with Crippen molar-refractivity contribution in [1.29, 1.82) is 0 Å². The van der Waals surface area contributed by atoms with Crippen LogP contribution in [0.4, 0.5) is 0 Å². The lowest BCUT2D eigenvalue weighted by atomic mass is 10.1. The van der Waals surface area contributed by atoms with Gasteiger partial charge >= 0.3 is 0 Å². The molecule has 4 nitrogen and oxygen atoms in total. The summed E-state index contributed by atoms with van der Waals surface area (Å²) in [5, 5.41) is 5.85. The summed E-state index contributed by atoms with van der Waals surface area (Å²) in [5.41, 5.74) is 1.76. The molecule has 3 rings (SSSR count). The van der Waals surface area contributed by atoms with Crippen LogP contribution in [0.2, 0.25) is 5.02 Å². The summed E-state index contributed by atoms with van der Waals surface area (Å²) in [6, 6.07) is 7.82. The fourth-order valence-electron chi connectivity index (χ4n) is 1.81. The van der Waals surface area contributed by atoms with Crippen molar-refractivity contribution in [1.82, 2.24) is 19.7 Å². The number of hydrogen-bond acceptors (Lipinski definition) is 4. The van der Waals surface area contributed by atoms with Gasteiger partial charge in [-0.15, -0.1) is 0 Å². The van der Waals surface area contributed by atoms with E-state index in [-0.39, 0.29) is 0 Å². The number of aryl methyl sites for hydroxylation is 1. The van der Waals surface area contributed by atoms with E-state index in [4.69, 9.17) is 11.6 Å². The van der Waals surface area contributed by atoms with Crippen molar-refractivity contribution in [3.8, 4) is 11.3 Å². The van der Waals surface area contributed by atoms with E-state index in [1.54, 1.807) is 17.1 Å². The van der Waals surface area contributed by atoms with Gasteiger partial charge in [-0.3, -0.25) is 4.68 Å². The van der Waals surface area contributed by atoms with Gasteiger partial charge in [0.25, 0.3) is 0 Å². The van der Waals surface area contributed by atoms with Crippen LogP contribution in [0.25, 0.3) is 11.3 Å². The van der Waals surface area contributed by atoms with E-state index in [9.17, 15) is 0 Å². The number of rotatable bonds is 3. The van der Waals surface area contributed by atoms with Crippen molar-refractivity contribution in [2.24, 2.45) is 7.05 Å². The lowest BCUT2D eigenvalue weighted by Crippen LogP contribution is -1.89. The maximum Gasteiger partial charge on any atom is 0.124 e. The molecule has 0 aliphatic heterocycles. The first kappa shape index (κ1) is 14.6. The molecule has 0 aliphatic carbocycles. The molecule has 0 amide bonds. The van der Waals surface area contributed by atoms with E-state index in [1.807, 2.05) is 37.5 Å². The lowest BCUT2D eigenvalue weighted by molar-refractivity contribution is 0.771. The molecule has 0 aliphatic rings. The van der Waals surface area contributed by atoms with E-state index in [0.717, 1.165) is 21.2 Å². The highest BCUT2D eigenvalue weighted by Gasteiger charge is 2.12. The third-order valence-electron chi connectivity index (χ3n) is 2.76. The van der Waals surface area contributed by atoms with E-state index >= 15 is 0 Å². The molecular formula is C14H10BrClN4S. The van der Waals surface area contributed by atoms with Crippen LogP contribution >= 0.6 is 39.3 Å². The quantitative estimate of drug-likeness (QED) is 0.672. The van der Waals surface area contributed by atoms with E-state index in [1.165, 1.54) is 11.8 Å². The van der Waals surface area contributed by atoms with Gasteiger partial charge in [0, 0.05) is 23.7 Å². The minimum Gasteiger partial charge on any atom is -0.275 e. The summed E-state index contributed by atoms with van der Waals surface area (Å²) in [6.07, 6.45) is 5.27. The minimum absolute atomic E-state index is 0.672. The van der Waals surface area contributed by atoms with E-state index in [2.05, 4.69) is 31.0 Å². The Morgan fingerprint density at radius 2 is 2.05 bits per heavy atom. The molecule has 0 atom stereocenters. The topological polar surface area (TPSA) is 43.6 Å². The Morgan fingerprint density at radius 3 is 2.71 bits per heavy atom. The van der Waals surface area contributed by atoms with Gasteiger partial charge in [0.1, 0.15) is 9.63 Å². The molecule has 0 N–H and O–H groups in total.